The minimum atomic E-state index is -0.432. The van der Waals surface area contributed by atoms with Crippen molar-refractivity contribution in [3.05, 3.63) is 78.9 Å². The van der Waals surface area contributed by atoms with Crippen LogP contribution in [0.5, 0.6) is 0 Å². The van der Waals surface area contributed by atoms with Gasteiger partial charge in [0.2, 0.25) is 0 Å². The zero-order chi connectivity index (χ0) is 19.3. The van der Waals surface area contributed by atoms with Crippen LogP contribution in [0.3, 0.4) is 0 Å². The zero-order valence-corrected chi connectivity index (χ0v) is 15.6. The quantitative estimate of drug-likeness (QED) is 0.508. The van der Waals surface area contributed by atoms with Gasteiger partial charge < -0.3 is 15.0 Å². The van der Waals surface area contributed by atoms with Gasteiger partial charge >= 0.3 is 6.09 Å². The second-order valence-corrected chi connectivity index (χ2v) is 6.40. The fourth-order valence-corrected chi connectivity index (χ4v) is 3.32. The predicted molar refractivity (Wildman–Crippen MR) is 113 cm³/mol. The van der Waals surface area contributed by atoms with Crippen LogP contribution < -0.4 is 10.2 Å². The molecular weight excluding hydrogens is 350 g/mol. The number of rotatable bonds is 5. The van der Waals surface area contributed by atoms with Crippen molar-refractivity contribution in [2.24, 2.45) is 0 Å². The van der Waals surface area contributed by atoms with Gasteiger partial charge in [-0.05, 0) is 36.4 Å². The number of amides is 1. The van der Waals surface area contributed by atoms with E-state index in [-0.39, 0.29) is 6.61 Å². The smallest absolute Gasteiger partial charge is 0.406 e. The number of carbonyl (C=O) groups is 1. The Hall–Kier alpha value is -3.60. The predicted octanol–water partition coefficient (Wildman–Crippen LogP) is 4.88. The average Bonchev–Trinajstić information content (AvgIpc) is 2.75. The number of benzene rings is 3. The Morgan fingerprint density at radius 2 is 1.71 bits per heavy atom. The van der Waals surface area contributed by atoms with E-state index < -0.39 is 6.09 Å². The van der Waals surface area contributed by atoms with Gasteiger partial charge in [-0.15, -0.1) is 0 Å². The van der Waals surface area contributed by atoms with Crippen LogP contribution in [0, 0.1) is 0 Å². The molecule has 5 heteroatoms. The molecule has 0 saturated heterocycles. The molecule has 5 nitrogen and oxygen atoms in total. The highest BCUT2D eigenvalue weighted by Gasteiger charge is 2.14. The first-order chi connectivity index (χ1) is 13.8. The Balaban J connectivity index is 1.79. The third-order valence-electron chi connectivity index (χ3n) is 4.65. The maximum Gasteiger partial charge on any atom is 0.406 e. The highest BCUT2D eigenvalue weighted by atomic mass is 16.5. The fourth-order valence-electron chi connectivity index (χ4n) is 3.32. The van der Waals surface area contributed by atoms with Gasteiger partial charge in [-0.25, -0.2) is 9.78 Å². The zero-order valence-electron chi connectivity index (χ0n) is 15.6. The molecule has 0 spiro atoms. The number of para-hydroxylation sites is 2. The molecule has 1 amide bonds. The Labute approximate surface area is 163 Å². The van der Waals surface area contributed by atoms with Gasteiger partial charge in [0.15, 0.2) is 0 Å². The van der Waals surface area contributed by atoms with Gasteiger partial charge in [-0.3, -0.25) is 0 Å². The van der Waals surface area contributed by atoms with Crippen molar-refractivity contribution in [3.8, 4) is 0 Å². The first-order valence-electron chi connectivity index (χ1n) is 9.22. The average molecular weight is 371 g/mol. The number of alkyl carbamates (subject to hydrolysis) is 1. The maximum absolute atomic E-state index is 11.5. The largest absolute Gasteiger partial charge is 0.448 e. The molecule has 28 heavy (non-hydrogen) atoms. The van der Waals surface area contributed by atoms with Gasteiger partial charge in [0.25, 0.3) is 0 Å². The monoisotopic (exact) mass is 371 g/mol. The molecule has 1 N–H and O–H groups in total. The van der Waals surface area contributed by atoms with Crippen LogP contribution >= 0.6 is 0 Å². The molecule has 4 aromatic rings. The minimum Gasteiger partial charge on any atom is -0.448 e. The Morgan fingerprint density at radius 3 is 2.54 bits per heavy atom. The molecule has 1 aromatic heterocycles. The molecule has 0 radical (unpaired) electrons. The summed E-state index contributed by atoms with van der Waals surface area (Å²) >= 11 is 0. The van der Waals surface area contributed by atoms with Crippen molar-refractivity contribution in [1.29, 1.82) is 0 Å². The molecule has 0 fully saturated rings. The number of pyridine rings is 1. The van der Waals surface area contributed by atoms with Crippen LogP contribution in [0.4, 0.5) is 16.2 Å². The highest BCUT2D eigenvalue weighted by molar-refractivity contribution is 6.00. The molecule has 0 aliphatic rings. The number of nitrogens with one attached hydrogen (secondary N) is 1. The summed E-state index contributed by atoms with van der Waals surface area (Å²) in [5.41, 5.74) is 3.97. The lowest BCUT2D eigenvalue weighted by Crippen LogP contribution is -2.27. The lowest BCUT2D eigenvalue weighted by molar-refractivity contribution is 0.152. The molecule has 0 aliphatic carbocycles. The summed E-state index contributed by atoms with van der Waals surface area (Å²) in [7, 11) is 1.55. The lowest BCUT2D eigenvalue weighted by atomic mass is 10.1. The molecule has 3 aromatic carbocycles. The van der Waals surface area contributed by atoms with Gasteiger partial charge in [-0.2, -0.15) is 0 Å². The summed E-state index contributed by atoms with van der Waals surface area (Å²) in [4.78, 5) is 18.4. The molecule has 0 unspecified atom stereocenters. The number of hydrogen-bond acceptors (Lipinski definition) is 4. The van der Waals surface area contributed by atoms with E-state index in [2.05, 4.69) is 28.4 Å². The first kappa shape index (κ1) is 17.8. The molecule has 1 heterocycles. The SMILES string of the molecule is CNC(=O)OCCN(c1ccccc1)c1cccc2nc3ccccc3cc12. The van der Waals surface area contributed by atoms with Crippen molar-refractivity contribution >= 4 is 39.3 Å². The molecule has 0 saturated carbocycles. The third kappa shape index (κ3) is 3.60. The van der Waals surface area contributed by atoms with Crippen LogP contribution in [-0.2, 0) is 4.74 Å². The number of fused-ring (bicyclic) bond motifs is 2. The van der Waals surface area contributed by atoms with Gasteiger partial charge in [0, 0.05) is 23.5 Å². The molecule has 0 bridgehead atoms. The van der Waals surface area contributed by atoms with Crippen molar-refractivity contribution in [1.82, 2.24) is 10.3 Å². The standard InChI is InChI=1S/C23H21N3O2/c1-24-23(27)28-15-14-26(18-9-3-2-4-10-18)22-13-7-12-21-19(22)16-17-8-5-6-11-20(17)25-21/h2-13,16H,14-15H2,1H3,(H,24,27). The lowest BCUT2D eigenvalue weighted by Gasteiger charge is -2.26. The summed E-state index contributed by atoms with van der Waals surface area (Å²) in [6, 6.07) is 26.5. The number of carbonyl (C=O) groups excluding carboxylic acids is 1. The summed E-state index contributed by atoms with van der Waals surface area (Å²) < 4.78 is 5.24. The van der Waals surface area contributed by atoms with E-state index in [1.165, 1.54) is 0 Å². The van der Waals surface area contributed by atoms with Gasteiger partial charge in [0.05, 0.1) is 23.3 Å². The number of anilines is 2. The van der Waals surface area contributed by atoms with E-state index in [0.717, 1.165) is 33.2 Å². The van der Waals surface area contributed by atoms with Crippen LogP contribution in [0.25, 0.3) is 21.8 Å². The van der Waals surface area contributed by atoms with Crippen LogP contribution in [-0.4, -0.2) is 31.3 Å². The number of nitrogens with zero attached hydrogens (tertiary/aromatic N) is 2. The molecule has 0 atom stereocenters. The van der Waals surface area contributed by atoms with E-state index in [4.69, 9.17) is 9.72 Å². The second-order valence-electron chi connectivity index (χ2n) is 6.40. The molecule has 4 rings (SSSR count). The maximum atomic E-state index is 11.5. The Bertz CT molecular complexity index is 1110. The first-order valence-corrected chi connectivity index (χ1v) is 9.22. The van der Waals surface area contributed by atoms with E-state index in [0.29, 0.717) is 6.54 Å². The molecule has 0 aliphatic heterocycles. The van der Waals surface area contributed by atoms with Crippen molar-refractivity contribution in [3.63, 3.8) is 0 Å². The molecular formula is C23H21N3O2. The topological polar surface area (TPSA) is 54.5 Å². The normalized spacial score (nSPS) is 10.8. The number of aromatic nitrogens is 1. The summed E-state index contributed by atoms with van der Waals surface area (Å²) in [6.07, 6.45) is -0.432. The van der Waals surface area contributed by atoms with Gasteiger partial charge in [-0.1, -0.05) is 42.5 Å². The van der Waals surface area contributed by atoms with Crippen LogP contribution in [0.15, 0.2) is 78.9 Å². The van der Waals surface area contributed by atoms with E-state index >= 15 is 0 Å². The highest BCUT2D eigenvalue weighted by Crippen LogP contribution is 2.33. The van der Waals surface area contributed by atoms with Crippen molar-refractivity contribution in [2.45, 2.75) is 0 Å². The summed E-state index contributed by atoms with van der Waals surface area (Å²) in [5, 5.41) is 4.63. The van der Waals surface area contributed by atoms with Crippen molar-refractivity contribution < 1.29 is 9.53 Å². The summed E-state index contributed by atoms with van der Waals surface area (Å²) in [5.74, 6) is 0. The Kier molecular flexibility index (Phi) is 5.06. The van der Waals surface area contributed by atoms with Crippen LogP contribution in [0.2, 0.25) is 0 Å². The van der Waals surface area contributed by atoms with Crippen molar-refractivity contribution in [2.75, 3.05) is 25.1 Å². The number of ether oxygens (including phenoxy) is 1. The third-order valence-corrected chi connectivity index (χ3v) is 4.65. The fraction of sp³-hybridized carbons (Fsp3) is 0.130. The van der Waals surface area contributed by atoms with E-state index in [1.54, 1.807) is 7.05 Å². The Morgan fingerprint density at radius 1 is 0.964 bits per heavy atom. The minimum absolute atomic E-state index is 0.270. The second kappa shape index (κ2) is 7.96. The number of hydrogen-bond donors (Lipinski definition) is 1. The summed E-state index contributed by atoms with van der Waals surface area (Å²) in [6.45, 7) is 0.801. The van der Waals surface area contributed by atoms with Gasteiger partial charge in [0.1, 0.15) is 6.61 Å². The van der Waals surface area contributed by atoms with E-state index in [9.17, 15) is 4.79 Å². The van der Waals surface area contributed by atoms with Crippen LogP contribution in [0.1, 0.15) is 0 Å². The van der Waals surface area contributed by atoms with E-state index in [1.807, 2.05) is 60.7 Å². The molecule has 140 valence electrons.